The van der Waals surface area contributed by atoms with E-state index >= 15 is 0 Å². The monoisotopic (exact) mass is 293 g/mol. The van der Waals surface area contributed by atoms with E-state index in [1.807, 2.05) is 60.7 Å². The van der Waals surface area contributed by atoms with Crippen LogP contribution in [0.5, 0.6) is 0 Å². The number of aliphatic imine (C=N–C) groups is 1. The minimum Gasteiger partial charge on any atom is -0.357 e. The van der Waals surface area contributed by atoms with Crippen LogP contribution in [0.4, 0.5) is 0 Å². The molecule has 3 nitrogen and oxygen atoms in total. The van der Waals surface area contributed by atoms with Crippen LogP contribution in [0, 0.1) is 0 Å². The van der Waals surface area contributed by atoms with Crippen molar-refractivity contribution in [1.29, 1.82) is 0 Å². The molecule has 2 aromatic carbocycles. The van der Waals surface area contributed by atoms with Crippen LogP contribution in [-0.4, -0.2) is 16.5 Å². The summed E-state index contributed by atoms with van der Waals surface area (Å²) in [7, 11) is 0. The van der Waals surface area contributed by atoms with E-state index in [2.05, 4.69) is 0 Å². The predicted octanol–water partition coefficient (Wildman–Crippen LogP) is 3.62. The number of benzene rings is 2. The molecular weight excluding hydrogens is 274 g/mol. The van der Waals surface area contributed by atoms with E-state index in [4.69, 9.17) is 9.73 Å². The summed E-state index contributed by atoms with van der Waals surface area (Å²) in [4.78, 5) is 4.86. The molecule has 1 spiro atoms. The van der Waals surface area contributed by atoms with Crippen molar-refractivity contribution in [1.82, 2.24) is 0 Å². The van der Waals surface area contributed by atoms with E-state index in [-0.39, 0.29) is 0 Å². The molecule has 0 amide bonds. The Balaban J connectivity index is 1.85. The molecule has 1 saturated carbocycles. The molecule has 0 aromatic heterocycles. The molecule has 1 atom stereocenters. The fourth-order valence-corrected chi connectivity index (χ4v) is 3.48. The second-order valence-corrected chi connectivity index (χ2v) is 6.09. The summed E-state index contributed by atoms with van der Waals surface area (Å²) in [5.74, 6) is -1.47. The Kier molecular flexibility index (Phi) is 3.13. The number of hydrogen-bond donors (Lipinski definition) is 1. The van der Waals surface area contributed by atoms with Gasteiger partial charge in [0.2, 0.25) is 5.79 Å². The van der Waals surface area contributed by atoms with Crippen LogP contribution < -0.4 is 0 Å². The van der Waals surface area contributed by atoms with Gasteiger partial charge in [0.25, 0.3) is 0 Å². The van der Waals surface area contributed by atoms with Gasteiger partial charge in [0.05, 0.1) is 0 Å². The van der Waals surface area contributed by atoms with Crippen molar-refractivity contribution in [2.75, 3.05) is 0 Å². The fourth-order valence-electron chi connectivity index (χ4n) is 3.48. The zero-order valence-corrected chi connectivity index (χ0v) is 12.4. The minimum absolute atomic E-state index is 0.560. The van der Waals surface area contributed by atoms with Crippen LogP contribution in [0.15, 0.2) is 65.7 Å². The van der Waals surface area contributed by atoms with E-state index < -0.39 is 11.5 Å². The Morgan fingerprint density at radius 3 is 2.09 bits per heavy atom. The zero-order valence-electron chi connectivity index (χ0n) is 12.4. The number of aliphatic hydroxyl groups is 1. The molecule has 22 heavy (non-hydrogen) atoms. The first-order valence-electron chi connectivity index (χ1n) is 7.86. The maximum atomic E-state index is 11.3. The molecule has 4 rings (SSSR count). The van der Waals surface area contributed by atoms with Gasteiger partial charge < -0.3 is 9.84 Å². The molecule has 112 valence electrons. The normalized spacial score (nSPS) is 26.3. The summed E-state index contributed by atoms with van der Waals surface area (Å²) in [5, 5.41) is 11.3. The van der Waals surface area contributed by atoms with Gasteiger partial charge in [0, 0.05) is 11.1 Å². The average Bonchev–Trinajstić information content (AvgIpc) is 3.14. The summed E-state index contributed by atoms with van der Waals surface area (Å²) in [6.07, 6.45) is 3.93. The van der Waals surface area contributed by atoms with Gasteiger partial charge in [0.15, 0.2) is 5.72 Å². The first-order valence-corrected chi connectivity index (χ1v) is 7.86. The van der Waals surface area contributed by atoms with Crippen molar-refractivity contribution in [3.05, 3.63) is 71.8 Å². The number of ether oxygens (including phenoxy) is 1. The van der Waals surface area contributed by atoms with Crippen LogP contribution in [0.25, 0.3) is 0 Å². The Bertz CT molecular complexity index is 690. The van der Waals surface area contributed by atoms with Crippen molar-refractivity contribution in [3.63, 3.8) is 0 Å². The Morgan fingerprint density at radius 2 is 1.45 bits per heavy atom. The first-order chi connectivity index (χ1) is 10.7. The average molecular weight is 293 g/mol. The molecule has 1 fully saturated rings. The quantitative estimate of drug-likeness (QED) is 0.919. The third-order valence-corrected chi connectivity index (χ3v) is 4.57. The zero-order chi connectivity index (χ0) is 15.0. The predicted molar refractivity (Wildman–Crippen MR) is 85.6 cm³/mol. The standard InChI is InChI=1S/C19H19NO2/c21-19(16-11-5-2-6-12-16)17(15-9-3-1-4-10-15)20-18(22-19)13-7-8-14-18/h1-6,9-12,21H,7-8,13-14H2/t19-/m0/s1. The van der Waals surface area contributed by atoms with Gasteiger partial charge in [-0.05, 0) is 25.7 Å². The number of hydrogen-bond acceptors (Lipinski definition) is 3. The molecule has 0 radical (unpaired) electrons. The lowest BCUT2D eigenvalue weighted by Gasteiger charge is -2.29. The van der Waals surface area contributed by atoms with Crippen molar-refractivity contribution < 1.29 is 9.84 Å². The van der Waals surface area contributed by atoms with Crippen molar-refractivity contribution in [2.45, 2.75) is 37.2 Å². The molecule has 1 N–H and O–H groups in total. The van der Waals surface area contributed by atoms with Gasteiger partial charge >= 0.3 is 0 Å². The highest BCUT2D eigenvalue weighted by molar-refractivity contribution is 6.07. The van der Waals surface area contributed by atoms with Crippen LogP contribution >= 0.6 is 0 Å². The van der Waals surface area contributed by atoms with Gasteiger partial charge in [-0.3, -0.25) is 0 Å². The third-order valence-electron chi connectivity index (χ3n) is 4.57. The Labute approximate surface area is 130 Å². The summed E-state index contributed by atoms with van der Waals surface area (Å²) >= 11 is 0. The molecule has 1 heterocycles. The molecule has 2 aromatic rings. The lowest BCUT2D eigenvalue weighted by Crippen LogP contribution is -2.38. The van der Waals surface area contributed by atoms with E-state index in [9.17, 15) is 5.11 Å². The van der Waals surface area contributed by atoms with Crippen LogP contribution in [-0.2, 0) is 10.5 Å². The fraction of sp³-hybridized carbons (Fsp3) is 0.316. The van der Waals surface area contributed by atoms with E-state index in [0.717, 1.165) is 36.8 Å². The van der Waals surface area contributed by atoms with Crippen molar-refractivity contribution in [3.8, 4) is 0 Å². The van der Waals surface area contributed by atoms with E-state index in [1.165, 1.54) is 0 Å². The van der Waals surface area contributed by atoms with Gasteiger partial charge in [-0.15, -0.1) is 0 Å². The van der Waals surface area contributed by atoms with Gasteiger partial charge in [-0.2, -0.15) is 0 Å². The SMILES string of the molecule is O[C@@]1(c2ccccc2)OC2(CCCC2)N=C1c1ccccc1. The van der Waals surface area contributed by atoms with Crippen molar-refractivity contribution in [2.24, 2.45) is 4.99 Å². The second-order valence-electron chi connectivity index (χ2n) is 6.09. The Hall–Kier alpha value is -1.97. The largest absolute Gasteiger partial charge is 0.357 e. The Morgan fingerprint density at radius 1 is 0.864 bits per heavy atom. The second kappa shape index (κ2) is 5.04. The lowest BCUT2D eigenvalue weighted by atomic mass is 9.96. The topological polar surface area (TPSA) is 41.8 Å². The summed E-state index contributed by atoms with van der Waals surface area (Å²) in [6, 6.07) is 19.4. The van der Waals surface area contributed by atoms with Gasteiger partial charge in [-0.1, -0.05) is 60.7 Å². The molecule has 0 saturated heterocycles. The highest BCUT2D eigenvalue weighted by atomic mass is 16.7. The summed E-state index contributed by atoms with van der Waals surface area (Å²) in [5.41, 5.74) is 1.72. The highest BCUT2D eigenvalue weighted by Crippen LogP contribution is 2.47. The minimum atomic E-state index is -1.47. The van der Waals surface area contributed by atoms with Crippen LogP contribution in [0.2, 0.25) is 0 Å². The third kappa shape index (κ3) is 2.09. The van der Waals surface area contributed by atoms with Crippen LogP contribution in [0.3, 0.4) is 0 Å². The molecular formula is C19H19NO2. The molecule has 3 heteroatoms. The molecule has 2 aliphatic rings. The summed E-state index contributed by atoms with van der Waals surface area (Å²) < 4.78 is 6.20. The van der Waals surface area contributed by atoms with E-state index in [1.54, 1.807) is 0 Å². The van der Waals surface area contributed by atoms with E-state index in [0.29, 0.717) is 5.71 Å². The highest BCUT2D eigenvalue weighted by Gasteiger charge is 2.53. The molecule has 1 aliphatic heterocycles. The van der Waals surface area contributed by atoms with Gasteiger partial charge in [0.1, 0.15) is 5.71 Å². The lowest BCUT2D eigenvalue weighted by molar-refractivity contribution is -0.209. The van der Waals surface area contributed by atoms with Crippen LogP contribution in [0.1, 0.15) is 36.8 Å². The first kappa shape index (κ1) is 13.7. The smallest absolute Gasteiger partial charge is 0.239 e. The van der Waals surface area contributed by atoms with Gasteiger partial charge in [-0.25, -0.2) is 4.99 Å². The number of rotatable bonds is 2. The maximum absolute atomic E-state index is 11.3. The molecule has 1 aliphatic carbocycles. The maximum Gasteiger partial charge on any atom is 0.239 e. The molecule has 0 bridgehead atoms. The summed E-state index contributed by atoms with van der Waals surface area (Å²) in [6.45, 7) is 0. The molecule has 0 unspecified atom stereocenters. The van der Waals surface area contributed by atoms with Crippen molar-refractivity contribution >= 4 is 5.71 Å². The number of nitrogens with zero attached hydrogens (tertiary/aromatic N) is 1.